The van der Waals surface area contributed by atoms with Gasteiger partial charge in [0.1, 0.15) is 11.4 Å². The molecule has 1 aromatic rings. The molecule has 1 N–H and O–H groups in total. The highest BCUT2D eigenvalue weighted by molar-refractivity contribution is 5.13. The molecular formula is C14H20N2O2. The van der Waals surface area contributed by atoms with E-state index in [9.17, 15) is 4.79 Å². The summed E-state index contributed by atoms with van der Waals surface area (Å²) >= 11 is 0. The largest absolute Gasteiger partial charge is 0.367 e. The molecule has 4 heteroatoms. The van der Waals surface area contributed by atoms with E-state index >= 15 is 0 Å². The number of H-pyrrole nitrogens is 1. The van der Waals surface area contributed by atoms with E-state index in [4.69, 9.17) is 4.74 Å². The minimum absolute atomic E-state index is 0.0429. The number of ether oxygens (including phenoxy) is 1. The molecule has 0 spiro atoms. The van der Waals surface area contributed by atoms with Crippen molar-refractivity contribution in [2.45, 2.75) is 57.0 Å². The average Bonchev–Trinajstić information content (AvgIpc) is 2.99. The van der Waals surface area contributed by atoms with Crippen LogP contribution in [0.4, 0.5) is 0 Å². The lowest BCUT2D eigenvalue weighted by Gasteiger charge is -2.23. The van der Waals surface area contributed by atoms with Gasteiger partial charge in [-0.05, 0) is 32.6 Å². The van der Waals surface area contributed by atoms with Gasteiger partial charge in [0.05, 0.1) is 5.69 Å². The fourth-order valence-corrected chi connectivity index (χ4v) is 3.12. The second kappa shape index (κ2) is 4.50. The molecule has 98 valence electrons. The van der Waals surface area contributed by atoms with Gasteiger partial charge in [0, 0.05) is 18.6 Å². The Morgan fingerprint density at radius 3 is 2.83 bits per heavy atom. The van der Waals surface area contributed by atoms with Gasteiger partial charge in [-0.15, -0.1) is 0 Å². The molecule has 1 atom stereocenters. The number of nitrogens with zero attached hydrogens (tertiary/aromatic N) is 1. The normalized spacial score (nSPS) is 28.9. The topological polar surface area (TPSA) is 55.0 Å². The summed E-state index contributed by atoms with van der Waals surface area (Å²) in [6.45, 7) is 2.78. The quantitative estimate of drug-likeness (QED) is 0.874. The van der Waals surface area contributed by atoms with Gasteiger partial charge in [0.2, 0.25) is 0 Å². The number of hydrogen-bond acceptors (Lipinski definition) is 3. The van der Waals surface area contributed by atoms with E-state index < -0.39 is 5.60 Å². The van der Waals surface area contributed by atoms with E-state index in [1.54, 1.807) is 6.07 Å². The molecule has 2 aliphatic rings. The SMILES string of the molecule is CC1(c2nc(C3CCCC3)cc(=O)[nH]2)CCCO1. The summed E-state index contributed by atoms with van der Waals surface area (Å²) < 4.78 is 5.77. The highest BCUT2D eigenvalue weighted by Gasteiger charge is 2.35. The zero-order valence-electron chi connectivity index (χ0n) is 10.9. The minimum Gasteiger partial charge on any atom is -0.367 e. The molecule has 1 aromatic heterocycles. The highest BCUT2D eigenvalue weighted by atomic mass is 16.5. The van der Waals surface area contributed by atoms with Crippen LogP contribution in [0.15, 0.2) is 10.9 Å². The first-order chi connectivity index (χ1) is 8.67. The molecule has 4 nitrogen and oxygen atoms in total. The lowest BCUT2D eigenvalue weighted by Crippen LogP contribution is -2.28. The number of aromatic nitrogens is 2. The van der Waals surface area contributed by atoms with Crippen LogP contribution in [0.1, 0.15) is 62.9 Å². The zero-order chi connectivity index (χ0) is 12.6. The van der Waals surface area contributed by atoms with Crippen molar-refractivity contribution in [3.05, 3.63) is 27.9 Å². The molecule has 0 aromatic carbocycles. The van der Waals surface area contributed by atoms with Gasteiger partial charge in [-0.3, -0.25) is 4.79 Å². The zero-order valence-corrected chi connectivity index (χ0v) is 10.9. The third-order valence-corrected chi connectivity index (χ3v) is 4.25. The fourth-order valence-electron chi connectivity index (χ4n) is 3.12. The Kier molecular flexibility index (Phi) is 2.98. The molecule has 2 fully saturated rings. The first-order valence-electron chi connectivity index (χ1n) is 6.93. The van der Waals surface area contributed by atoms with E-state index in [1.807, 2.05) is 6.92 Å². The van der Waals surface area contributed by atoms with Crippen molar-refractivity contribution in [1.29, 1.82) is 0 Å². The number of rotatable bonds is 2. The summed E-state index contributed by atoms with van der Waals surface area (Å²) in [5, 5.41) is 0. The fraction of sp³-hybridized carbons (Fsp3) is 0.714. The molecule has 18 heavy (non-hydrogen) atoms. The van der Waals surface area contributed by atoms with Gasteiger partial charge in [0.25, 0.3) is 5.56 Å². The van der Waals surface area contributed by atoms with Crippen LogP contribution in [0, 0.1) is 0 Å². The van der Waals surface area contributed by atoms with Gasteiger partial charge in [0.15, 0.2) is 0 Å². The average molecular weight is 248 g/mol. The Hall–Kier alpha value is -1.16. The maximum absolute atomic E-state index is 11.8. The Morgan fingerprint density at radius 1 is 1.39 bits per heavy atom. The predicted molar refractivity (Wildman–Crippen MR) is 68.6 cm³/mol. The van der Waals surface area contributed by atoms with E-state index in [2.05, 4.69) is 9.97 Å². The molecule has 1 aliphatic carbocycles. The van der Waals surface area contributed by atoms with Crippen molar-refractivity contribution in [2.75, 3.05) is 6.61 Å². The molecule has 0 radical (unpaired) electrons. The molecule has 0 bridgehead atoms. The molecule has 0 amide bonds. The third-order valence-electron chi connectivity index (χ3n) is 4.25. The standard InChI is InChI=1S/C14H20N2O2/c1-14(7-4-8-18-14)13-15-11(9-12(17)16-13)10-5-2-3-6-10/h9-10H,2-8H2,1H3,(H,15,16,17). The Labute approximate surface area is 107 Å². The van der Waals surface area contributed by atoms with Crippen LogP contribution >= 0.6 is 0 Å². The Balaban J connectivity index is 1.97. The molecule has 1 saturated heterocycles. The van der Waals surface area contributed by atoms with E-state index in [0.717, 1.165) is 43.8 Å². The van der Waals surface area contributed by atoms with Crippen LogP contribution in [0.2, 0.25) is 0 Å². The van der Waals surface area contributed by atoms with Crippen LogP contribution in [-0.4, -0.2) is 16.6 Å². The molecule has 1 saturated carbocycles. The van der Waals surface area contributed by atoms with E-state index in [-0.39, 0.29) is 5.56 Å². The molecule has 1 aliphatic heterocycles. The first-order valence-corrected chi connectivity index (χ1v) is 6.93. The lowest BCUT2D eigenvalue weighted by atomic mass is 10.00. The number of hydrogen-bond donors (Lipinski definition) is 1. The smallest absolute Gasteiger partial charge is 0.251 e. The third kappa shape index (κ3) is 2.09. The molecule has 2 heterocycles. The van der Waals surface area contributed by atoms with Gasteiger partial charge in [-0.2, -0.15) is 0 Å². The van der Waals surface area contributed by atoms with Crippen molar-refractivity contribution in [3.8, 4) is 0 Å². The summed E-state index contributed by atoms with van der Waals surface area (Å²) in [5.41, 5.74) is 0.523. The van der Waals surface area contributed by atoms with Gasteiger partial charge < -0.3 is 9.72 Å². The van der Waals surface area contributed by atoms with Crippen molar-refractivity contribution in [1.82, 2.24) is 9.97 Å². The van der Waals surface area contributed by atoms with Gasteiger partial charge in [-0.25, -0.2) is 4.98 Å². The second-order valence-electron chi connectivity index (χ2n) is 5.68. The van der Waals surface area contributed by atoms with Crippen LogP contribution in [0.25, 0.3) is 0 Å². The minimum atomic E-state index is -0.395. The summed E-state index contributed by atoms with van der Waals surface area (Å²) in [6, 6.07) is 1.66. The van der Waals surface area contributed by atoms with Gasteiger partial charge >= 0.3 is 0 Å². The van der Waals surface area contributed by atoms with Crippen molar-refractivity contribution >= 4 is 0 Å². The van der Waals surface area contributed by atoms with Crippen molar-refractivity contribution in [3.63, 3.8) is 0 Å². The van der Waals surface area contributed by atoms with Crippen molar-refractivity contribution in [2.24, 2.45) is 0 Å². The number of aromatic amines is 1. The number of nitrogens with one attached hydrogen (secondary N) is 1. The van der Waals surface area contributed by atoms with Crippen LogP contribution in [0.5, 0.6) is 0 Å². The van der Waals surface area contributed by atoms with Crippen molar-refractivity contribution < 1.29 is 4.74 Å². The molecular weight excluding hydrogens is 228 g/mol. The maximum atomic E-state index is 11.8. The monoisotopic (exact) mass is 248 g/mol. The molecule has 1 unspecified atom stereocenters. The van der Waals surface area contributed by atoms with Crippen LogP contribution in [0.3, 0.4) is 0 Å². The summed E-state index contributed by atoms with van der Waals surface area (Å²) in [6.07, 6.45) is 6.79. The second-order valence-corrected chi connectivity index (χ2v) is 5.68. The Morgan fingerprint density at radius 2 is 2.17 bits per heavy atom. The predicted octanol–water partition coefficient (Wildman–Crippen LogP) is 2.45. The maximum Gasteiger partial charge on any atom is 0.251 e. The Bertz CT molecular complexity index is 483. The summed E-state index contributed by atoms with van der Waals surface area (Å²) in [5.74, 6) is 1.19. The van der Waals surface area contributed by atoms with Crippen LogP contribution in [-0.2, 0) is 10.3 Å². The highest BCUT2D eigenvalue weighted by Crippen LogP contribution is 2.36. The van der Waals surface area contributed by atoms with E-state index in [1.165, 1.54) is 12.8 Å². The summed E-state index contributed by atoms with van der Waals surface area (Å²) in [4.78, 5) is 19.4. The lowest BCUT2D eigenvalue weighted by molar-refractivity contribution is 0.00889. The van der Waals surface area contributed by atoms with Gasteiger partial charge in [-0.1, -0.05) is 12.8 Å². The first kappa shape index (κ1) is 11.9. The van der Waals surface area contributed by atoms with E-state index in [0.29, 0.717) is 5.92 Å². The molecule has 3 rings (SSSR count). The summed E-state index contributed by atoms with van der Waals surface area (Å²) in [7, 11) is 0. The van der Waals surface area contributed by atoms with Crippen LogP contribution < -0.4 is 5.56 Å².